The van der Waals surface area contributed by atoms with E-state index in [1.807, 2.05) is 13.8 Å². The predicted molar refractivity (Wildman–Crippen MR) is 70.0 cm³/mol. The summed E-state index contributed by atoms with van der Waals surface area (Å²) in [4.78, 5) is 24.5. The number of carboxylic acids is 1. The van der Waals surface area contributed by atoms with Crippen LogP contribution in [0.15, 0.2) is 0 Å². The molecular weight excluding hydrogens is 252 g/mol. The van der Waals surface area contributed by atoms with Crippen LogP contribution in [0.25, 0.3) is 0 Å². The molecule has 0 bridgehead atoms. The predicted octanol–water partition coefficient (Wildman–Crippen LogP) is 0.279. The summed E-state index contributed by atoms with van der Waals surface area (Å²) in [5, 5.41) is 20.4. The molecule has 0 radical (unpaired) electrons. The molecule has 0 aliphatic heterocycles. The van der Waals surface area contributed by atoms with E-state index >= 15 is 0 Å². The first-order chi connectivity index (χ1) is 9.01. The summed E-state index contributed by atoms with van der Waals surface area (Å²) in [5.41, 5.74) is 0. The SMILES string of the molecule is CCC(CC)N(CCO)C(=O)NC(COC)C(=O)O. The number of aliphatic hydroxyl groups is 1. The number of urea groups is 1. The Kier molecular flexibility index (Phi) is 8.90. The molecule has 112 valence electrons. The fourth-order valence-electron chi connectivity index (χ4n) is 1.86. The summed E-state index contributed by atoms with van der Waals surface area (Å²) in [6.45, 7) is 3.80. The molecule has 0 spiro atoms. The number of aliphatic carboxylic acids is 1. The molecule has 0 aromatic heterocycles. The van der Waals surface area contributed by atoms with Gasteiger partial charge in [-0.15, -0.1) is 0 Å². The smallest absolute Gasteiger partial charge is 0.328 e. The van der Waals surface area contributed by atoms with Gasteiger partial charge in [-0.25, -0.2) is 9.59 Å². The van der Waals surface area contributed by atoms with Crippen molar-refractivity contribution in [3.05, 3.63) is 0 Å². The number of amides is 2. The Balaban J connectivity index is 4.74. The standard InChI is InChI=1S/C12H24N2O5/c1-4-9(5-2)14(6-7-15)12(18)13-10(8-19-3)11(16)17/h9-10,15H,4-8H2,1-3H3,(H,13,18)(H,16,17). The van der Waals surface area contributed by atoms with E-state index in [4.69, 9.17) is 14.9 Å². The van der Waals surface area contributed by atoms with Crippen molar-refractivity contribution in [2.24, 2.45) is 0 Å². The van der Waals surface area contributed by atoms with Gasteiger partial charge in [-0.2, -0.15) is 0 Å². The van der Waals surface area contributed by atoms with E-state index in [2.05, 4.69) is 5.32 Å². The van der Waals surface area contributed by atoms with E-state index in [1.54, 1.807) is 0 Å². The summed E-state index contributed by atoms with van der Waals surface area (Å²) in [6, 6.07) is -1.61. The zero-order valence-electron chi connectivity index (χ0n) is 11.8. The van der Waals surface area contributed by atoms with Crippen molar-refractivity contribution < 1.29 is 24.5 Å². The second kappa shape index (κ2) is 9.57. The van der Waals surface area contributed by atoms with Gasteiger partial charge in [0.05, 0.1) is 13.2 Å². The normalized spacial score (nSPS) is 12.3. The highest BCUT2D eigenvalue weighted by molar-refractivity contribution is 5.82. The molecule has 2 amide bonds. The Hall–Kier alpha value is -1.34. The maximum atomic E-state index is 12.1. The van der Waals surface area contributed by atoms with Crippen molar-refractivity contribution in [1.29, 1.82) is 0 Å². The molecule has 7 heteroatoms. The molecule has 0 fully saturated rings. The molecule has 0 aliphatic carbocycles. The Bertz CT molecular complexity index is 281. The number of carbonyl (C=O) groups excluding carboxylic acids is 1. The molecule has 0 aromatic carbocycles. The van der Waals surface area contributed by atoms with Gasteiger partial charge in [-0.05, 0) is 12.8 Å². The number of nitrogens with zero attached hydrogens (tertiary/aromatic N) is 1. The van der Waals surface area contributed by atoms with Crippen LogP contribution in [0.4, 0.5) is 4.79 Å². The van der Waals surface area contributed by atoms with Crippen molar-refractivity contribution in [2.45, 2.75) is 38.8 Å². The first kappa shape index (κ1) is 17.7. The largest absolute Gasteiger partial charge is 0.480 e. The van der Waals surface area contributed by atoms with E-state index < -0.39 is 18.0 Å². The molecule has 0 saturated carbocycles. The monoisotopic (exact) mass is 276 g/mol. The Morgan fingerprint density at radius 1 is 1.32 bits per heavy atom. The van der Waals surface area contributed by atoms with E-state index in [0.29, 0.717) is 0 Å². The summed E-state index contributed by atoms with van der Waals surface area (Å²) in [5.74, 6) is -1.15. The maximum absolute atomic E-state index is 12.1. The van der Waals surface area contributed by atoms with Gasteiger partial charge in [0.25, 0.3) is 0 Å². The second-order valence-electron chi connectivity index (χ2n) is 4.18. The van der Waals surface area contributed by atoms with Crippen molar-refractivity contribution in [1.82, 2.24) is 10.2 Å². The van der Waals surface area contributed by atoms with Gasteiger partial charge in [-0.3, -0.25) is 0 Å². The summed E-state index contributed by atoms with van der Waals surface area (Å²) in [7, 11) is 1.37. The zero-order valence-corrected chi connectivity index (χ0v) is 11.8. The first-order valence-corrected chi connectivity index (χ1v) is 6.41. The summed E-state index contributed by atoms with van der Waals surface area (Å²) >= 11 is 0. The van der Waals surface area contributed by atoms with Crippen LogP contribution in [0.1, 0.15) is 26.7 Å². The first-order valence-electron chi connectivity index (χ1n) is 6.41. The lowest BCUT2D eigenvalue weighted by Gasteiger charge is -2.31. The zero-order chi connectivity index (χ0) is 14.8. The van der Waals surface area contributed by atoms with Crippen LogP contribution in [0, 0.1) is 0 Å². The summed E-state index contributed by atoms with van der Waals surface area (Å²) in [6.07, 6.45) is 1.48. The molecule has 0 saturated heterocycles. The molecule has 3 N–H and O–H groups in total. The number of rotatable bonds is 9. The van der Waals surface area contributed by atoms with Crippen LogP contribution in [-0.4, -0.2) is 66.1 Å². The maximum Gasteiger partial charge on any atom is 0.328 e. The van der Waals surface area contributed by atoms with Crippen molar-refractivity contribution in [2.75, 3.05) is 26.9 Å². The number of methoxy groups -OCH3 is 1. The number of carbonyl (C=O) groups is 2. The molecule has 0 aliphatic rings. The molecule has 0 heterocycles. The number of nitrogens with one attached hydrogen (secondary N) is 1. The second-order valence-corrected chi connectivity index (χ2v) is 4.18. The third-order valence-corrected chi connectivity index (χ3v) is 2.91. The molecule has 7 nitrogen and oxygen atoms in total. The highest BCUT2D eigenvalue weighted by atomic mass is 16.5. The molecule has 19 heavy (non-hydrogen) atoms. The highest BCUT2D eigenvalue weighted by Gasteiger charge is 2.26. The molecule has 0 aromatic rings. The van der Waals surface area contributed by atoms with Gasteiger partial charge in [0.2, 0.25) is 0 Å². The highest BCUT2D eigenvalue weighted by Crippen LogP contribution is 2.08. The lowest BCUT2D eigenvalue weighted by molar-refractivity contribution is -0.140. The van der Waals surface area contributed by atoms with Gasteiger partial charge in [0.15, 0.2) is 6.04 Å². The van der Waals surface area contributed by atoms with Crippen LogP contribution in [0.5, 0.6) is 0 Å². The number of aliphatic hydroxyl groups excluding tert-OH is 1. The third kappa shape index (κ3) is 5.89. The van der Waals surface area contributed by atoms with Gasteiger partial charge in [-0.1, -0.05) is 13.8 Å². The van der Waals surface area contributed by atoms with Crippen LogP contribution in [-0.2, 0) is 9.53 Å². The van der Waals surface area contributed by atoms with Gasteiger partial charge < -0.3 is 25.2 Å². The van der Waals surface area contributed by atoms with E-state index in [-0.39, 0.29) is 25.8 Å². The van der Waals surface area contributed by atoms with Crippen molar-refractivity contribution >= 4 is 12.0 Å². The Morgan fingerprint density at radius 3 is 2.26 bits per heavy atom. The average molecular weight is 276 g/mol. The van der Waals surface area contributed by atoms with E-state index in [1.165, 1.54) is 12.0 Å². The topological polar surface area (TPSA) is 99.1 Å². The van der Waals surface area contributed by atoms with Gasteiger partial charge in [0.1, 0.15) is 0 Å². The minimum absolute atomic E-state index is 0.0239. The Labute approximate surface area is 113 Å². The number of hydrogen-bond acceptors (Lipinski definition) is 4. The molecule has 1 atom stereocenters. The summed E-state index contributed by atoms with van der Waals surface area (Å²) < 4.78 is 4.76. The fraction of sp³-hybridized carbons (Fsp3) is 0.833. The minimum Gasteiger partial charge on any atom is -0.480 e. The van der Waals surface area contributed by atoms with Crippen molar-refractivity contribution in [3.8, 4) is 0 Å². The quantitative estimate of drug-likeness (QED) is 0.561. The number of carboxylic acid groups (broad SMARTS) is 1. The van der Waals surface area contributed by atoms with Crippen LogP contribution >= 0.6 is 0 Å². The average Bonchev–Trinajstić information content (AvgIpc) is 2.38. The molecule has 0 rings (SSSR count). The molecule has 1 unspecified atom stereocenters. The van der Waals surface area contributed by atoms with E-state index in [0.717, 1.165) is 12.8 Å². The van der Waals surface area contributed by atoms with Crippen LogP contribution in [0.2, 0.25) is 0 Å². The van der Waals surface area contributed by atoms with Crippen LogP contribution in [0.3, 0.4) is 0 Å². The third-order valence-electron chi connectivity index (χ3n) is 2.91. The minimum atomic E-state index is -1.15. The van der Waals surface area contributed by atoms with E-state index in [9.17, 15) is 9.59 Å². The fourth-order valence-corrected chi connectivity index (χ4v) is 1.86. The lowest BCUT2D eigenvalue weighted by Crippen LogP contribution is -2.53. The number of hydrogen-bond donors (Lipinski definition) is 3. The Morgan fingerprint density at radius 2 is 1.89 bits per heavy atom. The number of ether oxygens (including phenoxy) is 1. The lowest BCUT2D eigenvalue weighted by atomic mass is 10.1. The van der Waals surface area contributed by atoms with Gasteiger partial charge in [0, 0.05) is 19.7 Å². The van der Waals surface area contributed by atoms with Crippen LogP contribution < -0.4 is 5.32 Å². The van der Waals surface area contributed by atoms with Gasteiger partial charge >= 0.3 is 12.0 Å². The van der Waals surface area contributed by atoms with Crippen molar-refractivity contribution in [3.63, 3.8) is 0 Å². The molecular formula is C12H24N2O5.